The summed E-state index contributed by atoms with van der Waals surface area (Å²) in [7, 11) is -2.48. The molecule has 0 radical (unpaired) electrons. The number of hydrogen-bond acceptors (Lipinski definition) is 7. The Hall–Kier alpha value is -2.43. The molecule has 1 unspecified atom stereocenters. The first-order valence-electron chi connectivity index (χ1n) is 9.01. The van der Waals surface area contributed by atoms with Crippen molar-refractivity contribution >= 4 is 33.2 Å². The topological polar surface area (TPSA) is 111 Å². The Balaban J connectivity index is 1.68. The van der Waals surface area contributed by atoms with Crippen molar-refractivity contribution in [3.8, 4) is 5.75 Å². The van der Waals surface area contributed by atoms with Crippen molar-refractivity contribution in [2.24, 2.45) is 0 Å². The molecule has 1 aliphatic carbocycles. The third-order valence-corrected chi connectivity index (χ3v) is 6.68. The number of rotatable bonds is 9. The van der Waals surface area contributed by atoms with Crippen molar-refractivity contribution in [2.75, 3.05) is 7.11 Å². The highest BCUT2D eigenvalue weighted by atomic mass is 32.2. The summed E-state index contributed by atoms with van der Waals surface area (Å²) in [6.07, 6.45) is 0.525. The number of ether oxygens (including phenoxy) is 2. The Kier molecular flexibility index (Phi) is 6.56. The number of methoxy groups -OCH3 is 1. The van der Waals surface area contributed by atoms with Crippen LogP contribution in [0.4, 0.5) is 0 Å². The standard InChI is InChI=1S/C19H22N2O6S2/c1-12(18(22)20-11-15-4-3-9-28-15)27-19(23)13-5-8-16(26-2)17(10-13)29(24,25)21-14-6-7-14/h3-5,8-10,12,14,21H,6-7,11H2,1-2H3,(H,20,22). The van der Waals surface area contributed by atoms with Crippen LogP contribution in [0.2, 0.25) is 0 Å². The first kappa shape index (κ1) is 21.3. The van der Waals surface area contributed by atoms with Gasteiger partial charge in [0.25, 0.3) is 5.91 Å². The molecule has 1 aromatic heterocycles. The van der Waals surface area contributed by atoms with E-state index in [4.69, 9.17) is 9.47 Å². The van der Waals surface area contributed by atoms with E-state index >= 15 is 0 Å². The van der Waals surface area contributed by atoms with E-state index in [-0.39, 0.29) is 22.3 Å². The van der Waals surface area contributed by atoms with Gasteiger partial charge in [0, 0.05) is 10.9 Å². The average Bonchev–Trinajstić information content (AvgIpc) is 3.34. The molecule has 0 bridgehead atoms. The number of esters is 1. The van der Waals surface area contributed by atoms with Crippen molar-refractivity contribution in [1.82, 2.24) is 10.0 Å². The van der Waals surface area contributed by atoms with Crippen LogP contribution in [0, 0.1) is 0 Å². The van der Waals surface area contributed by atoms with Crippen molar-refractivity contribution in [1.29, 1.82) is 0 Å². The fraction of sp³-hybridized carbons (Fsp3) is 0.368. The number of nitrogens with one attached hydrogen (secondary N) is 2. The third-order valence-electron chi connectivity index (χ3n) is 4.26. The molecular weight excluding hydrogens is 416 g/mol. The van der Waals surface area contributed by atoms with Gasteiger partial charge >= 0.3 is 5.97 Å². The van der Waals surface area contributed by atoms with Gasteiger partial charge in [-0.25, -0.2) is 17.9 Å². The predicted molar refractivity (Wildman–Crippen MR) is 107 cm³/mol. The largest absolute Gasteiger partial charge is 0.495 e. The van der Waals surface area contributed by atoms with Gasteiger partial charge in [-0.05, 0) is 49.4 Å². The van der Waals surface area contributed by atoms with E-state index in [1.54, 1.807) is 0 Å². The molecule has 2 aromatic rings. The highest BCUT2D eigenvalue weighted by molar-refractivity contribution is 7.89. The number of carbonyl (C=O) groups excluding carboxylic acids is 2. The lowest BCUT2D eigenvalue weighted by atomic mass is 10.2. The zero-order valence-electron chi connectivity index (χ0n) is 16.0. The van der Waals surface area contributed by atoms with E-state index in [1.165, 1.54) is 43.6 Å². The molecule has 29 heavy (non-hydrogen) atoms. The number of carbonyl (C=O) groups is 2. The second-order valence-corrected chi connectivity index (χ2v) is 9.32. The van der Waals surface area contributed by atoms with Crippen molar-refractivity contribution < 1.29 is 27.5 Å². The lowest BCUT2D eigenvalue weighted by molar-refractivity contribution is -0.129. The molecule has 0 saturated heterocycles. The first-order valence-corrected chi connectivity index (χ1v) is 11.4. The molecule has 3 rings (SSSR count). The summed E-state index contributed by atoms with van der Waals surface area (Å²) in [5.74, 6) is -1.12. The van der Waals surface area contributed by atoms with Crippen LogP contribution in [0.1, 0.15) is 35.0 Å². The third kappa shape index (κ3) is 5.55. The number of amides is 1. The van der Waals surface area contributed by atoms with Gasteiger partial charge in [-0.2, -0.15) is 0 Å². The van der Waals surface area contributed by atoms with Crippen LogP contribution in [-0.4, -0.2) is 39.5 Å². The minimum absolute atomic E-state index is 0.0138. The summed E-state index contributed by atoms with van der Waals surface area (Å²) in [5.41, 5.74) is 0.0138. The zero-order chi connectivity index (χ0) is 21.0. The maximum atomic E-state index is 12.6. The number of sulfonamides is 1. The summed E-state index contributed by atoms with van der Waals surface area (Å²) >= 11 is 1.51. The molecule has 8 nitrogen and oxygen atoms in total. The fourth-order valence-electron chi connectivity index (χ4n) is 2.51. The van der Waals surface area contributed by atoms with Crippen molar-refractivity contribution in [2.45, 2.75) is 43.4 Å². The highest BCUT2D eigenvalue weighted by Gasteiger charge is 2.30. The summed E-state index contributed by atoms with van der Waals surface area (Å²) in [5, 5.41) is 4.59. The van der Waals surface area contributed by atoms with Crippen molar-refractivity contribution in [3.05, 3.63) is 46.2 Å². The van der Waals surface area contributed by atoms with Crippen LogP contribution in [-0.2, 0) is 26.1 Å². The molecule has 10 heteroatoms. The van der Waals surface area contributed by atoms with Gasteiger partial charge in [0.1, 0.15) is 10.6 Å². The SMILES string of the molecule is COc1ccc(C(=O)OC(C)C(=O)NCc2cccs2)cc1S(=O)(=O)NC1CC1. The second-order valence-electron chi connectivity index (χ2n) is 6.61. The lowest BCUT2D eigenvalue weighted by Crippen LogP contribution is -2.35. The van der Waals surface area contributed by atoms with Crippen LogP contribution in [0.5, 0.6) is 5.75 Å². The van der Waals surface area contributed by atoms with Gasteiger partial charge in [-0.3, -0.25) is 4.79 Å². The summed E-state index contributed by atoms with van der Waals surface area (Å²) < 4.78 is 38.0. The molecule has 0 spiro atoms. The maximum absolute atomic E-state index is 12.6. The fourth-order valence-corrected chi connectivity index (χ4v) is 4.66. The Morgan fingerprint density at radius 2 is 2.03 bits per heavy atom. The number of thiophene rings is 1. The van der Waals surface area contributed by atoms with Gasteiger partial charge in [0.2, 0.25) is 10.0 Å². The van der Waals surface area contributed by atoms with E-state index in [0.29, 0.717) is 6.54 Å². The smallest absolute Gasteiger partial charge is 0.338 e. The average molecular weight is 439 g/mol. The van der Waals surface area contributed by atoms with E-state index in [2.05, 4.69) is 10.0 Å². The quantitative estimate of drug-likeness (QED) is 0.580. The highest BCUT2D eigenvalue weighted by Crippen LogP contribution is 2.28. The molecule has 1 atom stereocenters. The monoisotopic (exact) mass is 438 g/mol. The van der Waals surface area contributed by atoms with Gasteiger partial charge in [0.05, 0.1) is 19.2 Å². The van der Waals surface area contributed by atoms with Crippen molar-refractivity contribution in [3.63, 3.8) is 0 Å². The van der Waals surface area contributed by atoms with E-state index in [9.17, 15) is 18.0 Å². The lowest BCUT2D eigenvalue weighted by Gasteiger charge is -2.15. The molecule has 1 heterocycles. The first-order chi connectivity index (χ1) is 13.8. The molecular formula is C19H22N2O6S2. The Bertz CT molecular complexity index is 984. The minimum Gasteiger partial charge on any atom is -0.495 e. The van der Waals surface area contributed by atoms with Gasteiger partial charge in [-0.15, -0.1) is 11.3 Å². The maximum Gasteiger partial charge on any atom is 0.338 e. The second kappa shape index (κ2) is 8.93. The Morgan fingerprint density at radius 1 is 1.28 bits per heavy atom. The summed E-state index contributed by atoms with van der Waals surface area (Å²) in [6, 6.07) is 7.65. The molecule has 2 N–H and O–H groups in total. The normalized spacial score (nSPS) is 14.8. The van der Waals surface area contributed by atoms with Crippen LogP contribution in [0.25, 0.3) is 0 Å². The van der Waals surface area contributed by atoms with E-state index < -0.39 is 28.0 Å². The van der Waals surface area contributed by atoms with Crippen LogP contribution >= 0.6 is 11.3 Å². The van der Waals surface area contributed by atoms with Crippen LogP contribution < -0.4 is 14.8 Å². The minimum atomic E-state index is -3.84. The molecule has 1 aliphatic rings. The van der Waals surface area contributed by atoms with Gasteiger partial charge in [0.15, 0.2) is 6.10 Å². The van der Waals surface area contributed by atoms with Gasteiger partial charge < -0.3 is 14.8 Å². The molecule has 1 amide bonds. The predicted octanol–water partition coefficient (Wildman–Crippen LogP) is 2.06. The zero-order valence-corrected chi connectivity index (χ0v) is 17.6. The molecule has 156 valence electrons. The van der Waals surface area contributed by atoms with Crippen LogP contribution in [0.15, 0.2) is 40.6 Å². The van der Waals surface area contributed by atoms with E-state index in [1.807, 2.05) is 17.5 Å². The molecule has 1 fully saturated rings. The van der Waals surface area contributed by atoms with E-state index in [0.717, 1.165) is 17.7 Å². The van der Waals surface area contributed by atoms with Crippen LogP contribution in [0.3, 0.4) is 0 Å². The Labute approximate surface area is 173 Å². The Morgan fingerprint density at radius 3 is 2.66 bits per heavy atom. The number of hydrogen-bond donors (Lipinski definition) is 2. The number of benzene rings is 1. The molecule has 0 aliphatic heterocycles. The summed E-state index contributed by atoms with van der Waals surface area (Å²) in [4.78, 5) is 25.4. The van der Waals surface area contributed by atoms with Gasteiger partial charge in [-0.1, -0.05) is 6.07 Å². The molecule has 1 aromatic carbocycles. The summed E-state index contributed by atoms with van der Waals surface area (Å²) in [6.45, 7) is 1.80. The molecule has 1 saturated carbocycles.